The van der Waals surface area contributed by atoms with Crippen LogP contribution in [0.25, 0.3) is 11.0 Å². The van der Waals surface area contributed by atoms with E-state index in [1.807, 2.05) is 29.1 Å². The largest absolute Gasteiger partial charge is 0.354 e. The molecule has 7 heteroatoms. The molecule has 5 nitrogen and oxygen atoms in total. The summed E-state index contributed by atoms with van der Waals surface area (Å²) in [7, 11) is 0. The predicted octanol–water partition coefficient (Wildman–Crippen LogP) is 3.27. The van der Waals surface area contributed by atoms with Gasteiger partial charge in [-0.05, 0) is 18.2 Å². The number of aromatic nitrogens is 4. The molecule has 0 bridgehead atoms. The molecule has 0 radical (unpaired) electrons. The summed E-state index contributed by atoms with van der Waals surface area (Å²) in [6, 6.07) is 5.56. The second kappa shape index (κ2) is 5.41. The SMILES string of the molecule is Clc1ccc2nc(N3CC(Cn4cc(Cl)cn4)C3)cnc2c1. The summed E-state index contributed by atoms with van der Waals surface area (Å²) in [6.07, 6.45) is 5.32. The Kier molecular flexibility index (Phi) is 3.39. The molecular formula is C15H13Cl2N5. The highest BCUT2D eigenvalue weighted by Crippen LogP contribution is 2.25. The van der Waals surface area contributed by atoms with Crippen LogP contribution in [0.3, 0.4) is 0 Å². The minimum atomic E-state index is 0.554. The summed E-state index contributed by atoms with van der Waals surface area (Å²) < 4.78 is 1.89. The topological polar surface area (TPSA) is 46.8 Å². The van der Waals surface area contributed by atoms with Crippen LogP contribution >= 0.6 is 23.2 Å². The van der Waals surface area contributed by atoms with Gasteiger partial charge in [-0.2, -0.15) is 5.10 Å². The highest BCUT2D eigenvalue weighted by Gasteiger charge is 2.28. The summed E-state index contributed by atoms with van der Waals surface area (Å²) in [4.78, 5) is 11.3. The minimum Gasteiger partial charge on any atom is -0.354 e. The molecule has 1 aromatic carbocycles. The number of nitrogens with zero attached hydrogens (tertiary/aromatic N) is 5. The standard InChI is InChI=1S/C15H13Cl2N5/c16-11-1-2-13-14(3-11)18-5-15(20-13)21-6-10(7-21)8-22-9-12(17)4-19-22/h1-5,9-10H,6-8H2. The molecule has 1 fully saturated rings. The van der Waals surface area contributed by atoms with E-state index < -0.39 is 0 Å². The first-order valence-electron chi connectivity index (χ1n) is 7.02. The van der Waals surface area contributed by atoms with Gasteiger partial charge in [0.2, 0.25) is 0 Å². The van der Waals surface area contributed by atoms with Crippen LogP contribution in [0.4, 0.5) is 5.82 Å². The maximum Gasteiger partial charge on any atom is 0.147 e. The average molecular weight is 334 g/mol. The zero-order valence-corrected chi connectivity index (χ0v) is 13.2. The summed E-state index contributed by atoms with van der Waals surface area (Å²) in [5.74, 6) is 1.46. The third kappa shape index (κ3) is 2.62. The minimum absolute atomic E-state index is 0.554. The van der Waals surface area contributed by atoms with Crippen LogP contribution < -0.4 is 4.90 Å². The van der Waals surface area contributed by atoms with E-state index in [4.69, 9.17) is 23.2 Å². The fraction of sp³-hybridized carbons (Fsp3) is 0.267. The normalized spacial score (nSPS) is 15.3. The monoisotopic (exact) mass is 333 g/mol. The summed E-state index contributed by atoms with van der Waals surface area (Å²) in [6.45, 7) is 2.77. The number of hydrogen-bond acceptors (Lipinski definition) is 4. The van der Waals surface area contributed by atoms with Crippen molar-refractivity contribution in [3.8, 4) is 0 Å². The van der Waals surface area contributed by atoms with Crippen LogP contribution in [-0.2, 0) is 6.54 Å². The average Bonchev–Trinajstić information content (AvgIpc) is 2.87. The fourth-order valence-corrected chi connectivity index (χ4v) is 3.02. The Morgan fingerprint density at radius 1 is 1.09 bits per heavy atom. The van der Waals surface area contributed by atoms with Gasteiger partial charge in [-0.15, -0.1) is 0 Å². The van der Waals surface area contributed by atoms with Crippen molar-refractivity contribution in [3.63, 3.8) is 0 Å². The van der Waals surface area contributed by atoms with Crippen molar-refractivity contribution in [2.45, 2.75) is 6.54 Å². The van der Waals surface area contributed by atoms with E-state index in [1.54, 1.807) is 12.4 Å². The number of fused-ring (bicyclic) bond motifs is 1. The van der Waals surface area contributed by atoms with Crippen LogP contribution in [0.1, 0.15) is 0 Å². The Labute approximate surface area is 137 Å². The molecular weight excluding hydrogens is 321 g/mol. The predicted molar refractivity (Wildman–Crippen MR) is 87.5 cm³/mol. The first kappa shape index (κ1) is 13.8. The lowest BCUT2D eigenvalue weighted by Crippen LogP contribution is -2.49. The molecule has 0 amide bonds. The van der Waals surface area contributed by atoms with Crippen molar-refractivity contribution >= 4 is 40.1 Å². The third-order valence-electron chi connectivity index (χ3n) is 3.82. The molecule has 0 N–H and O–H groups in total. The van der Waals surface area contributed by atoms with E-state index in [-0.39, 0.29) is 0 Å². The lowest BCUT2D eigenvalue weighted by atomic mass is 10.0. The molecule has 1 aliphatic heterocycles. The molecule has 112 valence electrons. The smallest absolute Gasteiger partial charge is 0.147 e. The van der Waals surface area contributed by atoms with Gasteiger partial charge >= 0.3 is 0 Å². The maximum atomic E-state index is 5.96. The molecule has 3 aromatic rings. The van der Waals surface area contributed by atoms with Gasteiger partial charge in [0.25, 0.3) is 0 Å². The van der Waals surface area contributed by atoms with Gasteiger partial charge in [-0.1, -0.05) is 23.2 Å². The summed E-state index contributed by atoms with van der Waals surface area (Å²) in [5.41, 5.74) is 1.68. The van der Waals surface area contributed by atoms with Crippen molar-refractivity contribution in [1.82, 2.24) is 19.7 Å². The van der Waals surface area contributed by atoms with E-state index in [0.29, 0.717) is 16.0 Å². The van der Waals surface area contributed by atoms with E-state index in [9.17, 15) is 0 Å². The summed E-state index contributed by atoms with van der Waals surface area (Å²) >= 11 is 11.8. The number of rotatable bonds is 3. The van der Waals surface area contributed by atoms with Crippen LogP contribution in [0.2, 0.25) is 10.0 Å². The molecule has 4 rings (SSSR count). The molecule has 1 aliphatic rings. The number of benzene rings is 1. The van der Waals surface area contributed by atoms with Crippen LogP contribution in [-0.4, -0.2) is 32.8 Å². The van der Waals surface area contributed by atoms with Crippen LogP contribution in [0.15, 0.2) is 36.8 Å². The van der Waals surface area contributed by atoms with Gasteiger partial charge in [0.05, 0.1) is 28.4 Å². The third-order valence-corrected chi connectivity index (χ3v) is 4.25. The summed E-state index contributed by atoms with van der Waals surface area (Å²) in [5, 5.41) is 5.56. The molecule has 0 aliphatic carbocycles. The van der Waals surface area contributed by atoms with Gasteiger partial charge in [0, 0.05) is 36.8 Å². The molecule has 0 atom stereocenters. The van der Waals surface area contributed by atoms with E-state index in [0.717, 1.165) is 36.5 Å². The Morgan fingerprint density at radius 2 is 1.95 bits per heavy atom. The highest BCUT2D eigenvalue weighted by atomic mass is 35.5. The molecule has 2 aromatic heterocycles. The molecule has 1 saturated heterocycles. The number of anilines is 1. The van der Waals surface area contributed by atoms with Gasteiger partial charge in [-0.3, -0.25) is 9.67 Å². The first-order valence-corrected chi connectivity index (χ1v) is 7.78. The maximum absolute atomic E-state index is 5.96. The van der Waals surface area contributed by atoms with Crippen molar-refractivity contribution < 1.29 is 0 Å². The van der Waals surface area contributed by atoms with E-state index in [2.05, 4.69) is 20.0 Å². The Hall–Kier alpha value is -1.85. The fourth-order valence-electron chi connectivity index (χ4n) is 2.70. The highest BCUT2D eigenvalue weighted by molar-refractivity contribution is 6.31. The first-order chi connectivity index (χ1) is 10.7. The number of hydrogen-bond donors (Lipinski definition) is 0. The zero-order valence-electron chi connectivity index (χ0n) is 11.7. The molecule has 0 unspecified atom stereocenters. The van der Waals surface area contributed by atoms with E-state index >= 15 is 0 Å². The lowest BCUT2D eigenvalue weighted by molar-refractivity contribution is 0.340. The second-order valence-corrected chi connectivity index (χ2v) is 6.39. The molecule has 0 saturated carbocycles. The van der Waals surface area contributed by atoms with Crippen molar-refractivity contribution in [1.29, 1.82) is 0 Å². The van der Waals surface area contributed by atoms with Crippen LogP contribution in [0, 0.1) is 5.92 Å². The molecule has 3 heterocycles. The van der Waals surface area contributed by atoms with Crippen molar-refractivity contribution in [2.24, 2.45) is 5.92 Å². The lowest BCUT2D eigenvalue weighted by Gasteiger charge is -2.39. The van der Waals surface area contributed by atoms with Crippen molar-refractivity contribution in [2.75, 3.05) is 18.0 Å². The van der Waals surface area contributed by atoms with Gasteiger partial charge in [-0.25, -0.2) is 4.98 Å². The van der Waals surface area contributed by atoms with Gasteiger partial charge in [0.15, 0.2) is 0 Å². The zero-order chi connectivity index (χ0) is 15.1. The van der Waals surface area contributed by atoms with Gasteiger partial charge in [0.1, 0.15) is 5.82 Å². The molecule has 22 heavy (non-hydrogen) atoms. The molecule has 0 spiro atoms. The van der Waals surface area contributed by atoms with Crippen molar-refractivity contribution in [3.05, 3.63) is 46.8 Å². The van der Waals surface area contributed by atoms with Crippen LogP contribution in [0.5, 0.6) is 0 Å². The Morgan fingerprint density at radius 3 is 2.73 bits per heavy atom. The Balaban J connectivity index is 1.45. The second-order valence-electron chi connectivity index (χ2n) is 5.51. The van der Waals surface area contributed by atoms with E-state index in [1.165, 1.54) is 0 Å². The Bertz CT molecular complexity index is 826. The number of halogens is 2. The quantitative estimate of drug-likeness (QED) is 0.738. The van der Waals surface area contributed by atoms with Gasteiger partial charge < -0.3 is 4.90 Å².